The molecule has 0 aliphatic rings. The SMILES string of the molecule is CSc1nccc(-c2ccccc2O)n1. The number of aromatic hydroxyl groups is 1. The van der Waals surface area contributed by atoms with E-state index in [0.29, 0.717) is 5.16 Å². The summed E-state index contributed by atoms with van der Waals surface area (Å²) in [6.45, 7) is 0. The first kappa shape index (κ1) is 9.98. The number of phenols is 1. The molecule has 0 spiro atoms. The molecule has 1 heterocycles. The zero-order valence-electron chi connectivity index (χ0n) is 8.21. The number of nitrogens with zero attached hydrogens (tertiary/aromatic N) is 2. The third-order valence-electron chi connectivity index (χ3n) is 2.00. The van der Waals surface area contributed by atoms with Gasteiger partial charge in [-0.2, -0.15) is 0 Å². The zero-order chi connectivity index (χ0) is 10.7. The van der Waals surface area contributed by atoms with Crippen molar-refractivity contribution in [1.29, 1.82) is 0 Å². The minimum atomic E-state index is 0.239. The lowest BCUT2D eigenvalue weighted by molar-refractivity contribution is 0.477. The molecule has 2 rings (SSSR count). The van der Waals surface area contributed by atoms with Crippen molar-refractivity contribution >= 4 is 11.8 Å². The van der Waals surface area contributed by atoms with Gasteiger partial charge in [0.2, 0.25) is 0 Å². The van der Waals surface area contributed by atoms with Gasteiger partial charge in [0.05, 0.1) is 5.69 Å². The first-order valence-electron chi connectivity index (χ1n) is 4.46. The topological polar surface area (TPSA) is 46.0 Å². The standard InChI is InChI=1S/C11H10N2OS/c1-15-11-12-7-6-9(13-11)8-4-2-3-5-10(8)14/h2-7,14H,1H3. The van der Waals surface area contributed by atoms with Crippen LogP contribution in [0.5, 0.6) is 5.75 Å². The van der Waals surface area contributed by atoms with E-state index in [2.05, 4.69) is 9.97 Å². The van der Waals surface area contributed by atoms with E-state index in [1.54, 1.807) is 24.4 Å². The van der Waals surface area contributed by atoms with Crippen molar-refractivity contribution in [3.63, 3.8) is 0 Å². The number of thioether (sulfide) groups is 1. The number of aromatic nitrogens is 2. The van der Waals surface area contributed by atoms with Gasteiger partial charge in [0.15, 0.2) is 5.16 Å². The Morgan fingerprint density at radius 2 is 2.00 bits per heavy atom. The van der Waals surface area contributed by atoms with Crippen molar-refractivity contribution in [3.8, 4) is 17.0 Å². The Balaban J connectivity index is 2.49. The Labute approximate surface area is 92.2 Å². The maximum atomic E-state index is 9.66. The van der Waals surface area contributed by atoms with Crippen LogP contribution in [-0.4, -0.2) is 21.3 Å². The second kappa shape index (κ2) is 4.31. The maximum Gasteiger partial charge on any atom is 0.187 e. The summed E-state index contributed by atoms with van der Waals surface area (Å²) in [6, 6.07) is 8.93. The highest BCUT2D eigenvalue weighted by Crippen LogP contribution is 2.27. The van der Waals surface area contributed by atoms with Crippen LogP contribution in [0, 0.1) is 0 Å². The van der Waals surface area contributed by atoms with Gasteiger partial charge in [-0.1, -0.05) is 23.9 Å². The average molecular weight is 218 g/mol. The minimum Gasteiger partial charge on any atom is -0.507 e. The first-order valence-corrected chi connectivity index (χ1v) is 5.69. The van der Waals surface area contributed by atoms with Crippen molar-refractivity contribution in [2.45, 2.75) is 5.16 Å². The van der Waals surface area contributed by atoms with E-state index in [1.165, 1.54) is 11.8 Å². The summed E-state index contributed by atoms with van der Waals surface area (Å²) in [5, 5.41) is 10.4. The fourth-order valence-electron chi connectivity index (χ4n) is 1.28. The normalized spacial score (nSPS) is 10.2. The van der Waals surface area contributed by atoms with Gasteiger partial charge in [0.25, 0.3) is 0 Å². The van der Waals surface area contributed by atoms with E-state index in [1.807, 2.05) is 18.4 Å². The molecule has 0 radical (unpaired) electrons. The molecule has 1 N–H and O–H groups in total. The number of phenolic OH excluding ortho intramolecular Hbond substituents is 1. The van der Waals surface area contributed by atoms with Crippen LogP contribution >= 0.6 is 11.8 Å². The fourth-order valence-corrected chi connectivity index (χ4v) is 1.64. The van der Waals surface area contributed by atoms with Gasteiger partial charge < -0.3 is 5.11 Å². The van der Waals surface area contributed by atoms with E-state index in [-0.39, 0.29) is 5.75 Å². The van der Waals surface area contributed by atoms with Gasteiger partial charge in [-0.05, 0) is 24.5 Å². The lowest BCUT2D eigenvalue weighted by Crippen LogP contribution is -1.88. The highest BCUT2D eigenvalue weighted by molar-refractivity contribution is 7.98. The summed E-state index contributed by atoms with van der Waals surface area (Å²) in [6.07, 6.45) is 3.62. The Hall–Kier alpha value is -1.55. The molecule has 76 valence electrons. The third kappa shape index (κ3) is 2.10. The zero-order valence-corrected chi connectivity index (χ0v) is 9.03. The summed E-state index contributed by atoms with van der Waals surface area (Å²) in [4.78, 5) is 8.40. The lowest BCUT2D eigenvalue weighted by Gasteiger charge is -2.03. The first-order chi connectivity index (χ1) is 7.31. The highest BCUT2D eigenvalue weighted by atomic mass is 32.2. The molecule has 0 amide bonds. The van der Waals surface area contributed by atoms with Gasteiger partial charge in [0.1, 0.15) is 5.75 Å². The molecule has 4 heteroatoms. The third-order valence-corrected chi connectivity index (χ3v) is 2.56. The quantitative estimate of drug-likeness (QED) is 0.621. The number of hydrogen-bond donors (Lipinski definition) is 1. The molecule has 0 saturated heterocycles. The predicted octanol–water partition coefficient (Wildman–Crippen LogP) is 2.57. The molecule has 0 aliphatic carbocycles. The molecular weight excluding hydrogens is 208 g/mol. The Bertz CT molecular complexity index is 474. The molecule has 1 aromatic carbocycles. The van der Waals surface area contributed by atoms with Crippen molar-refractivity contribution in [3.05, 3.63) is 36.5 Å². The largest absolute Gasteiger partial charge is 0.507 e. The fraction of sp³-hybridized carbons (Fsp3) is 0.0909. The molecule has 0 unspecified atom stereocenters. The second-order valence-electron chi connectivity index (χ2n) is 2.95. The predicted molar refractivity (Wildman–Crippen MR) is 60.9 cm³/mol. The molecule has 1 aromatic heterocycles. The Kier molecular flexibility index (Phi) is 2.87. The average Bonchev–Trinajstić information content (AvgIpc) is 2.30. The van der Waals surface area contributed by atoms with Crippen LogP contribution in [0.4, 0.5) is 0 Å². The van der Waals surface area contributed by atoms with E-state index >= 15 is 0 Å². The highest BCUT2D eigenvalue weighted by Gasteiger charge is 2.05. The Morgan fingerprint density at radius 1 is 1.20 bits per heavy atom. The van der Waals surface area contributed by atoms with Gasteiger partial charge in [-0.15, -0.1) is 0 Å². The molecular formula is C11H10N2OS. The Morgan fingerprint density at radius 3 is 2.73 bits per heavy atom. The lowest BCUT2D eigenvalue weighted by atomic mass is 10.1. The van der Waals surface area contributed by atoms with Gasteiger partial charge >= 0.3 is 0 Å². The van der Waals surface area contributed by atoms with Crippen molar-refractivity contribution < 1.29 is 5.11 Å². The van der Waals surface area contributed by atoms with E-state index in [9.17, 15) is 5.11 Å². The molecule has 0 aliphatic heterocycles. The molecule has 0 bridgehead atoms. The summed E-state index contributed by atoms with van der Waals surface area (Å²) in [7, 11) is 0. The van der Waals surface area contributed by atoms with Crippen LogP contribution in [0.2, 0.25) is 0 Å². The van der Waals surface area contributed by atoms with Crippen molar-refractivity contribution in [2.75, 3.05) is 6.26 Å². The van der Waals surface area contributed by atoms with Crippen LogP contribution in [0.15, 0.2) is 41.7 Å². The summed E-state index contributed by atoms with van der Waals surface area (Å²) in [5.74, 6) is 0.239. The van der Waals surface area contributed by atoms with Crippen molar-refractivity contribution in [1.82, 2.24) is 9.97 Å². The summed E-state index contributed by atoms with van der Waals surface area (Å²) < 4.78 is 0. The molecule has 0 fully saturated rings. The van der Waals surface area contributed by atoms with Crippen LogP contribution < -0.4 is 0 Å². The second-order valence-corrected chi connectivity index (χ2v) is 3.72. The molecule has 2 aromatic rings. The van der Waals surface area contributed by atoms with Gasteiger partial charge in [-0.25, -0.2) is 9.97 Å². The number of para-hydroxylation sites is 1. The molecule has 15 heavy (non-hydrogen) atoms. The van der Waals surface area contributed by atoms with E-state index in [4.69, 9.17) is 0 Å². The van der Waals surface area contributed by atoms with Gasteiger partial charge in [0, 0.05) is 11.8 Å². The van der Waals surface area contributed by atoms with Crippen LogP contribution in [0.1, 0.15) is 0 Å². The maximum absolute atomic E-state index is 9.66. The van der Waals surface area contributed by atoms with Crippen LogP contribution in [-0.2, 0) is 0 Å². The molecule has 3 nitrogen and oxygen atoms in total. The molecule has 0 atom stereocenters. The van der Waals surface area contributed by atoms with E-state index < -0.39 is 0 Å². The van der Waals surface area contributed by atoms with Crippen LogP contribution in [0.25, 0.3) is 11.3 Å². The summed E-state index contributed by atoms with van der Waals surface area (Å²) in [5.41, 5.74) is 1.47. The van der Waals surface area contributed by atoms with Crippen molar-refractivity contribution in [2.24, 2.45) is 0 Å². The van der Waals surface area contributed by atoms with Gasteiger partial charge in [-0.3, -0.25) is 0 Å². The number of benzene rings is 1. The number of rotatable bonds is 2. The number of hydrogen-bond acceptors (Lipinski definition) is 4. The minimum absolute atomic E-state index is 0.239. The monoisotopic (exact) mass is 218 g/mol. The summed E-state index contributed by atoms with van der Waals surface area (Å²) >= 11 is 1.48. The van der Waals surface area contributed by atoms with E-state index in [0.717, 1.165) is 11.3 Å². The smallest absolute Gasteiger partial charge is 0.187 e. The molecule has 0 saturated carbocycles. The van der Waals surface area contributed by atoms with Crippen LogP contribution in [0.3, 0.4) is 0 Å².